The molecule has 2 N–H and O–H groups in total. The van der Waals surface area contributed by atoms with Crippen molar-refractivity contribution >= 4 is 41.0 Å². The van der Waals surface area contributed by atoms with Gasteiger partial charge in [0.25, 0.3) is 5.91 Å². The first kappa shape index (κ1) is 23.0. The fourth-order valence-corrected chi connectivity index (χ4v) is 2.98. The molecule has 0 aliphatic carbocycles. The number of thioether (sulfide) groups is 1. The van der Waals surface area contributed by atoms with E-state index in [2.05, 4.69) is 10.6 Å². The van der Waals surface area contributed by atoms with E-state index in [1.165, 1.54) is 31.9 Å². The molecule has 2 aromatic rings. The molecule has 0 fully saturated rings. The van der Waals surface area contributed by atoms with Crippen molar-refractivity contribution in [2.75, 3.05) is 31.8 Å². The Balaban J connectivity index is 1.87. The number of Topliss-reactive ketones (excluding diaryl/α,β-unsaturated/α-hetero) is 1. The number of anilines is 1. The van der Waals surface area contributed by atoms with Crippen molar-refractivity contribution in [3.63, 3.8) is 0 Å². The molecule has 0 aromatic heterocycles. The predicted molar refractivity (Wildman–Crippen MR) is 113 cm³/mol. The summed E-state index contributed by atoms with van der Waals surface area (Å²) in [6.45, 7) is 0.524. The Morgan fingerprint density at radius 2 is 1.67 bits per heavy atom. The standard InChI is InChI=1S/C21H22N2O6S/c1-13(24)23-17-10-15(6-9-19(17)30-3)18(25)12-29-20(26)11-22-21(27)14-4-7-16(28-2)8-5-14/h4-10H,11-12H2,1-3H3,(H,22,27)(H,23,24). The number of amides is 2. The van der Waals surface area contributed by atoms with E-state index in [4.69, 9.17) is 9.47 Å². The smallest absolute Gasteiger partial charge is 0.325 e. The summed E-state index contributed by atoms with van der Waals surface area (Å²) >= 11 is 1.43. The predicted octanol–water partition coefficient (Wildman–Crippen LogP) is 2.53. The molecule has 0 bridgehead atoms. The molecule has 0 spiro atoms. The van der Waals surface area contributed by atoms with Crippen molar-refractivity contribution in [3.8, 4) is 5.75 Å². The molecule has 0 saturated carbocycles. The van der Waals surface area contributed by atoms with E-state index >= 15 is 0 Å². The van der Waals surface area contributed by atoms with E-state index in [-0.39, 0.29) is 12.5 Å². The Morgan fingerprint density at radius 1 is 1.00 bits per heavy atom. The number of rotatable bonds is 9. The summed E-state index contributed by atoms with van der Waals surface area (Å²) in [5.74, 6) is -1.27. The second-order valence-electron chi connectivity index (χ2n) is 6.09. The second kappa shape index (κ2) is 11.0. The fourth-order valence-electron chi connectivity index (χ4n) is 2.45. The SMILES string of the molecule is COc1ccc(C(=O)NCC(=O)OCC(=O)c2ccc(SC)c(NC(C)=O)c2)cc1. The highest BCUT2D eigenvalue weighted by Gasteiger charge is 2.14. The molecular formula is C21H22N2O6S. The van der Waals surface area contributed by atoms with Crippen molar-refractivity contribution in [1.29, 1.82) is 0 Å². The third kappa shape index (κ3) is 6.63. The molecule has 30 heavy (non-hydrogen) atoms. The maximum atomic E-state index is 12.3. The molecule has 2 aromatic carbocycles. The highest BCUT2D eigenvalue weighted by Crippen LogP contribution is 2.26. The minimum Gasteiger partial charge on any atom is -0.497 e. The molecule has 0 aliphatic rings. The fraction of sp³-hybridized carbons (Fsp3) is 0.238. The van der Waals surface area contributed by atoms with E-state index < -0.39 is 24.3 Å². The summed E-state index contributed by atoms with van der Waals surface area (Å²) in [5.41, 5.74) is 1.17. The summed E-state index contributed by atoms with van der Waals surface area (Å²) in [6.07, 6.45) is 1.85. The molecule has 0 atom stereocenters. The van der Waals surface area contributed by atoms with E-state index in [0.29, 0.717) is 22.6 Å². The van der Waals surface area contributed by atoms with Gasteiger partial charge in [0.15, 0.2) is 12.4 Å². The van der Waals surface area contributed by atoms with Gasteiger partial charge >= 0.3 is 5.97 Å². The average molecular weight is 430 g/mol. The molecule has 0 unspecified atom stereocenters. The number of methoxy groups -OCH3 is 1. The second-order valence-corrected chi connectivity index (χ2v) is 6.94. The molecule has 2 rings (SSSR count). The van der Waals surface area contributed by atoms with Crippen LogP contribution in [0, 0.1) is 0 Å². The number of nitrogens with one attached hydrogen (secondary N) is 2. The van der Waals surface area contributed by atoms with Gasteiger partial charge in [-0.3, -0.25) is 19.2 Å². The average Bonchev–Trinajstić information content (AvgIpc) is 2.75. The van der Waals surface area contributed by atoms with Gasteiger partial charge < -0.3 is 20.1 Å². The summed E-state index contributed by atoms with van der Waals surface area (Å²) in [5, 5.41) is 5.09. The van der Waals surface area contributed by atoms with Crippen molar-refractivity contribution in [2.45, 2.75) is 11.8 Å². The lowest BCUT2D eigenvalue weighted by atomic mass is 10.1. The minimum absolute atomic E-state index is 0.256. The van der Waals surface area contributed by atoms with Crippen molar-refractivity contribution in [3.05, 3.63) is 53.6 Å². The van der Waals surface area contributed by atoms with Crippen molar-refractivity contribution in [1.82, 2.24) is 5.32 Å². The molecule has 0 radical (unpaired) electrons. The van der Waals surface area contributed by atoms with Gasteiger partial charge in [0, 0.05) is 22.9 Å². The first-order valence-corrected chi connectivity index (χ1v) is 10.1. The Labute approximate surface area is 178 Å². The normalized spacial score (nSPS) is 10.1. The third-order valence-electron chi connectivity index (χ3n) is 3.94. The first-order chi connectivity index (χ1) is 14.3. The van der Waals surface area contributed by atoms with Crippen molar-refractivity contribution in [2.24, 2.45) is 0 Å². The number of esters is 1. The van der Waals surface area contributed by atoms with Crippen LogP contribution in [0.25, 0.3) is 0 Å². The van der Waals surface area contributed by atoms with Crippen LogP contribution in [0.5, 0.6) is 5.75 Å². The van der Waals surface area contributed by atoms with Gasteiger partial charge in [-0.15, -0.1) is 11.8 Å². The number of carbonyl (C=O) groups excluding carboxylic acids is 4. The van der Waals surface area contributed by atoms with Gasteiger partial charge in [-0.1, -0.05) is 6.07 Å². The zero-order chi connectivity index (χ0) is 22.1. The Hall–Kier alpha value is -3.33. The maximum absolute atomic E-state index is 12.3. The zero-order valence-electron chi connectivity index (χ0n) is 16.8. The molecule has 0 aliphatic heterocycles. The first-order valence-electron chi connectivity index (χ1n) is 8.90. The van der Waals surface area contributed by atoms with E-state index in [0.717, 1.165) is 4.90 Å². The van der Waals surface area contributed by atoms with Gasteiger partial charge in [-0.2, -0.15) is 0 Å². The van der Waals surface area contributed by atoms with Gasteiger partial charge in [0.05, 0.1) is 12.8 Å². The largest absolute Gasteiger partial charge is 0.497 e. The summed E-state index contributed by atoms with van der Waals surface area (Å²) in [6, 6.07) is 11.2. The Bertz CT molecular complexity index is 943. The van der Waals surface area contributed by atoms with Gasteiger partial charge in [0.2, 0.25) is 5.91 Å². The summed E-state index contributed by atoms with van der Waals surface area (Å²) in [4.78, 5) is 48.3. The lowest BCUT2D eigenvalue weighted by molar-refractivity contribution is -0.141. The number of hydrogen-bond acceptors (Lipinski definition) is 7. The number of hydrogen-bond donors (Lipinski definition) is 2. The zero-order valence-corrected chi connectivity index (χ0v) is 17.6. The maximum Gasteiger partial charge on any atom is 0.325 e. The molecule has 8 nitrogen and oxygen atoms in total. The van der Waals surface area contributed by atoms with Crippen LogP contribution in [-0.2, 0) is 14.3 Å². The van der Waals surface area contributed by atoms with Crippen LogP contribution in [-0.4, -0.2) is 50.1 Å². The van der Waals surface area contributed by atoms with Crippen LogP contribution in [0.3, 0.4) is 0 Å². The van der Waals surface area contributed by atoms with E-state index in [9.17, 15) is 19.2 Å². The molecule has 158 valence electrons. The summed E-state index contributed by atoms with van der Waals surface area (Å²) in [7, 11) is 1.52. The number of carbonyl (C=O) groups is 4. The van der Waals surface area contributed by atoms with Gasteiger partial charge in [-0.05, 0) is 42.7 Å². The quantitative estimate of drug-likeness (QED) is 0.357. The van der Waals surface area contributed by atoms with Gasteiger partial charge in [0.1, 0.15) is 12.3 Å². The highest BCUT2D eigenvalue weighted by atomic mass is 32.2. The van der Waals surface area contributed by atoms with Crippen LogP contribution < -0.4 is 15.4 Å². The van der Waals surface area contributed by atoms with Crippen LogP contribution >= 0.6 is 11.8 Å². The Kier molecular flexibility index (Phi) is 8.42. The van der Waals surface area contributed by atoms with Gasteiger partial charge in [-0.25, -0.2) is 0 Å². The minimum atomic E-state index is -0.743. The molecule has 2 amide bonds. The number of ether oxygens (including phenoxy) is 2. The Morgan fingerprint density at radius 3 is 2.27 bits per heavy atom. The molecular weight excluding hydrogens is 408 g/mol. The monoisotopic (exact) mass is 430 g/mol. The summed E-state index contributed by atoms with van der Waals surface area (Å²) < 4.78 is 9.96. The van der Waals surface area contributed by atoms with Crippen LogP contribution in [0.15, 0.2) is 47.4 Å². The molecule has 0 heterocycles. The van der Waals surface area contributed by atoms with E-state index in [1.807, 2.05) is 6.26 Å². The van der Waals surface area contributed by atoms with Crippen LogP contribution in [0.4, 0.5) is 5.69 Å². The molecule has 9 heteroatoms. The van der Waals surface area contributed by atoms with Crippen molar-refractivity contribution < 1.29 is 28.7 Å². The highest BCUT2D eigenvalue weighted by molar-refractivity contribution is 7.98. The number of benzene rings is 2. The lowest BCUT2D eigenvalue weighted by Gasteiger charge is -2.10. The third-order valence-corrected chi connectivity index (χ3v) is 4.74. The van der Waals surface area contributed by atoms with E-state index in [1.54, 1.807) is 36.4 Å². The molecule has 0 saturated heterocycles. The number of ketones is 1. The topological polar surface area (TPSA) is 111 Å². The van der Waals surface area contributed by atoms with Crippen LogP contribution in [0.1, 0.15) is 27.6 Å². The lowest BCUT2D eigenvalue weighted by Crippen LogP contribution is -2.31. The van der Waals surface area contributed by atoms with Crippen LogP contribution in [0.2, 0.25) is 0 Å².